The highest BCUT2D eigenvalue weighted by Gasteiger charge is 2.53. The second-order valence-electron chi connectivity index (χ2n) is 11.3. The molecule has 8 rings (SSSR count). The van der Waals surface area contributed by atoms with Crippen molar-refractivity contribution < 1.29 is 9.53 Å². The van der Waals surface area contributed by atoms with Crippen LogP contribution in [0.5, 0.6) is 0 Å². The molecule has 6 fully saturated rings. The molecule has 1 aromatic heterocycles. The fraction of sp³-hybridized carbons (Fsp3) is 0.536. The van der Waals surface area contributed by atoms with Crippen molar-refractivity contribution in [3.05, 3.63) is 52.7 Å². The molecule has 4 aliphatic carbocycles. The lowest BCUT2D eigenvalue weighted by molar-refractivity contribution is -0.123. The first-order valence-corrected chi connectivity index (χ1v) is 14.3. The topological polar surface area (TPSA) is 47.4 Å². The highest BCUT2D eigenvalue weighted by molar-refractivity contribution is 8.26. The molecule has 0 spiro atoms. The van der Waals surface area contributed by atoms with Gasteiger partial charge < -0.3 is 4.74 Å². The summed E-state index contributed by atoms with van der Waals surface area (Å²) < 4.78 is 8.44. The van der Waals surface area contributed by atoms with Crippen molar-refractivity contribution in [2.75, 3.05) is 13.2 Å². The van der Waals surface area contributed by atoms with E-state index in [2.05, 4.69) is 36.5 Å². The Morgan fingerprint density at radius 3 is 2.49 bits per heavy atom. The third kappa shape index (κ3) is 3.91. The summed E-state index contributed by atoms with van der Waals surface area (Å²) in [5, 5.41) is 5.24. The van der Waals surface area contributed by atoms with Gasteiger partial charge in [-0.1, -0.05) is 42.2 Å². The molecule has 6 aliphatic rings. The van der Waals surface area contributed by atoms with E-state index in [0.29, 0.717) is 15.8 Å². The van der Waals surface area contributed by atoms with Gasteiger partial charge in [0.15, 0.2) is 0 Å². The average molecular weight is 506 g/mol. The number of carbonyl (C=O) groups excluding carboxylic acids is 1. The number of nitrogens with zero attached hydrogens (tertiary/aromatic N) is 3. The second kappa shape index (κ2) is 8.56. The minimum absolute atomic E-state index is 0.0134. The summed E-state index contributed by atoms with van der Waals surface area (Å²) in [6.07, 6.45) is 14.3. The van der Waals surface area contributed by atoms with Gasteiger partial charge in [0.05, 0.1) is 28.9 Å². The predicted molar refractivity (Wildman–Crippen MR) is 142 cm³/mol. The van der Waals surface area contributed by atoms with E-state index in [9.17, 15) is 4.79 Å². The van der Waals surface area contributed by atoms with Gasteiger partial charge in [-0.25, -0.2) is 4.68 Å². The molecule has 1 unspecified atom stereocenters. The van der Waals surface area contributed by atoms with E-state index in [4.69, 9.17) is 22.1 Å². The maximum Gasteiger partial charge on any atom is 0.266 e. The molecule has 4 saturated carbocycles. The minimum atomic E-state index is 0.0134. The van der Waals surface area contributed by atoms with Gasteiger partial charge in [0.2, 0.25) is 0 Å². The largest absolute Gasteiger partial charge is 0.376 e. The minimum Gasteiger partial charge on any atom is -0.376 e. The van der Waals surface area contributed by atoms with E-state index in [1.807, 2.05) is 10.7 Å². The molecule has 1 atom stereocenters. The third-order valence-electron chi connectivity index (χ3n) is 8.87. The highest BCUT2D eigenvalue weighted by Crippen LogP contribution is 2.61. The molecule has 2 aromatic rings. The first kappa shape index (κ1) is 22.3. The van der Waals surface area contributed by atoms with Crippen molar-refractivity contribution in [3.63, 3.8) is 0 Å². The lowest BCUT2D eigenvalue weighted by Gasteiger charge is -2.56. The molecule has 0 radical (unpaired) electrons. The summed E-state index contributed by atoms with van der Waals surface area (Å²) >= 11 is 7.05. The van der Waals surface area contributed by atoms with Crippen LogP contribution in [0.15, 0.2) is 41.4 Å². The Labute approximate surface area is 216 Å². The van der Waals surface area contributed by atoms with Gasteiger partial charge in [0, 0.05) is 23.8 Å². The van der Waals surface area contributed by atoms with Gasteiger partial charge in [0.25, 0.3) is 5.91 Å². The highest BCUT2D eigenvalue weighted by atomic mass is 32.2. The molecule has 0 N–H and O–H groups in total. The summed E-state index contributed by atoms with van der Waals surface area (Å²) in [6, 6.07) is 10.3. The predicted octanol–water partition coefficient (Wildman–Crippen LogP) is 5.72. The molecule has 7 heteroatoms. The summed E-state index contributed by atoms with van der Waals surface area (Å²) in [5.74, 6) is 2.52. The Bertz CT molecular complexity index is 1160. The summed E-state index contributed by atoms with van der Waals surface area (Å²) in [7, 11) is 0. The van der Waals surface area contributed by atoms with Crippen LogP contribution in [0.25, 0.3) is 11.8 Å². The van der Waals surface area contributed by atoms with Crippen LogP contribution in [0.3, 0.4) is 0 Å². The number of amides is 1. The fourth-order valence-electron chi connectivity index (χ4n) is 7.81. The second-order valence-corrected chi connectivity index (χ2v) is 13.0. The number of aromatic nitrogens is 2. The average Bonchev–Trinajstić information content (AvgIpc) is 3.57. The molecule has 182 valence electrons. The molecule has 35 heavy (non-hydrogen) atoms. The lowest BCUT2D eigenvalue weighted by Crippen LogP contribution is -2.49. The number of hydrogen-bond acceptors (Lipinski definition) is 5. The Balaban J connectivity index is 1.27. The molecule has 3 heterocycles. The van der Waals surface area contributed by atoms with Crippen LogP contribution in [0.2, 0.25) is 0 Å². The zero-order valence-electron chi connectivity index (χ0n) is 19.9. The van der Waals surface area contributed by atoms with Crippen molar-refractivity contribution >= 4 is 40.3 Å². The fourth-order valence-corrected chi connectivity index (χ4v) is 9.08. The quantitative estimate of drug-likeness (QED) is 0.384. The van der Waals surface area contributed by atoms with Crippen molar-refractivity contribution in [3.8, 4) is 5.69 Å². The number of thioether (sulfide) groups is 1. The zero-order chi connectivity index (χ0) is 23.6. The monoisotopic (exact) mass is 505 g/mol. The van der Waals surface area contributed by atoms with Crippen LogP contribution in [0.1, 0.15) is 62.6 Å². The van der Waals surface area contributed by atoms with Crippen LogP contribution >= 0.6 is 24.0 Å². The molecule has 5 nitrogen and oxygen atoms in total. The summed E-state index contributed by atoms with van der Waals surface area (Å²) in [6.45, 7) is 1.34. The first-order valence-electron chi connectivity index (χ1n) is 13.1. The molecule has 1 aromatic carbocycles. The van der Waals surface area contributed by atoms with Crippen LogP contribution in [-0.4, -0.2) is 44.2 Å². The number of ether oxygens (including phenoxy) is 1. The normalized spacial score (nSPS) is 35.1. The van der Waals surface area contributed by atoms with Crippen LogP contribution < -0.4 is 0 Å². The molecule has 4 bridgehead atoms. The molecular formula is C28H31N3O2S2. The van der Waals surface area contributed by atoms with E-state index >= 15 is 0 Å². The van der Waals surface area contributed by atoms with E-state index in [1.165, 1.54) is 56.0 Å². The van der Waals surface area contributed by atoms with Gasteiger partial charge in [-0.15, -0.1) is 0 Å². The smallest absolute Gasteiger partial charge is 0.266 e. The van der Waals surface area contributed by atoms with Crippen LogP contribution in [0, 0.1) is 17.8 Å². The number of benzene rings is 1. The van der Waals surface area contributed by atoms with Gasteiger partial charge in [-0.3, -0.25) is 9.69 Å². The number of hydrogen-bond donors (Lipinski definition) is 0. The molecule has 2 saturated heterocycles. The Morgan fingerprint density at radius 1 is 1.11 bits per heavy atom. The summed E-state index contributed by atoms with van der Waals surface area (Å²) in [4.78, 5) is 15.9. The van der Waals surface area contributed by atoms with E-state index in [-0.39, 0.29) is 17.4 Å². The third-order valence-corrected chi connectivity index (χ3v) is 10.3. The van der Waals surface area contributed by atoms with Crippen molar-refractivity contribution in [2.24, 2.45) is 17.8 Å². The maximum atomic E-state index is 13.4. The zero-order valence-corrected chi connectivity index (χ0v) is 21.5. The Morgan fingerprint density at radius 2 is 1.83 bits per heavy atom. The van der Waals surface area contributed by atoms with E-state index in [0.717, 1.165) is 48.5 Å². The van der Waals surface area contributed by atoms with Gasteiger partial charge >= 0.3 is 0 Å². The number of para-hydroxylation sites is 1. The van der Waals surface area contributed by atoms with Gasteiger partial charge in [0.1, 0.15) is 4.32 Å². The van der Waals surface area contributed by atoms with E-state index < -0.39 is 0 Å². The molecule has 1 amide bonds. The number of rotatable bonds is 5. The van der Waals surface area contributed by atoms with Crippen molar-refractivity contribution in [1.29, 1.82) is 0 Å². The number of thiocarbonyl (C=S) groups is 1. The Hall–Kier alpha value is -1.96. The van der Waals surface area contributed by atoms with Crippen molar-refractivity contribution in [1.82, 2.24) is 14.7 Å². The first-order chi connectivity index (χ1) is 17.1. The Kier molecular flexibility index (Phi) is 5.44. The van der Waals surface area contributed by atoms with Crippen LogP contribution in [-0.2, 0) is 14.9 Å². The van der Waals surface area contributed by atoms with Crippen molar-refractivity contribution in [2.45, 2.75) is 62.9 Å². The van der Waals surface area contributed by atoms with Gasteiger partial charge in [-0.05, 0) is 87.3 Å². The van der Waals surface area contributed by atoms with Gasteiger partial charge in [-0.2, -0.15) is 5.10 Å². The standard InChI is InChI=1S/C28H31N3O2S2/c32-26-24(35-27(34)30(26)17-23-7-4-8-33-23)12-21-16-31(22-5-2-1-3-6-22)29-25(21)28-13-18-9-19(14-28)11-20(10-18)15-28/h1-3,5-6,12,16,18-20,23H,4,7-11,13-15,17H2/b24-12-. The summed E-state index contributed by atoms with van der Waals surface area (Å²) in [5.41, 5.74) is 3.49. The SMILES string of the molecule is O=C1/C(=C/c2cn(-c3ccccc3)nc2C23CC4CC(CC(C4)C2)C3)SC(=S)N1CC1CCCO1. The van der Waals surface area contributed by atoms with E-state index in [1.54, 1.807) is 4.90 Å². The lowest BCUT2D eigenvalue weighted by atomic mass is 9.48. The molecular weight excluding hydrogens is 474 g/mol. The number of carbonyl (C=O) groups is 1. The molecule has 2 aliphatic heterocycles. The maximum absolute atomic E-state index is 13.4. The van der Waals surface area contributed by atoms with Crippen LogP contribution in [0.4, 0.5) is 0 Å².